The third-order valence-corrected chi connectivity index (χ3v) is 3.48. The lowest BCUT2D eigenvalue weighted by atomic mass is 10.0. The summed E-state index contributed by atoms with van der Waals surface area (Å²) < 4.78 is 21.1. The Labute approximate surface area is 123 Å². The summed E-state index contributed by atoms with van der Waals surface area (Å²) in [5, 5.41) is 4.39. The van der Waals surface area contributed by atoms with E-state index in [-0.39, 0.29) is 11.9 Å². The van der Waals surface area contributed by atoms with Gasteiger partial charge in [0.1, 0.15) is 11.6 Å². The first-order valence-corrected chi connectivity index (χ1v) is 6.92. The number of ether oxygens (including phenoxy) is 1. The first-order valence-electron chi connectivity index (χ1n) is 6.92. The van der Waals surface area contributed by atoms with Crippen molar-refractivity contribution >= 4 is 0 Å². The maximum absolute atomic E-state index is 14.2. The Morgan fingerprint density at radius 3 is 2.76 bits per heavy atom. The number of aromatic nitrogens is 2. The molecule has 5 nitrogen and oxygen atoms in total. The molecule has 0 spiro atoms. The standard InChI is InChI=1S/C15H21FN4O/c1-4-20-11(7-10(2)19-20)8-15(18-17)13-6-5-12(21-3)9-14(13)16/h5-7,9,15,18H,4,8,17H2,1-3H3. The van der Waals surface area contributed by atoms with Crippen LogP contribution in [0.25, 0.3) is 0 Å². The lowest BCUT2D eigenvalue weighted by Gasteiger charge is -2.18. The second kappa shape index (κ2) is 6.69. The lowest BCUT2D eigenvalue weighted by molar-refractivity contribution is 0.408. The van der Waals surface area contributed by atoms with E-state index in [1.54, 1.807) is 12.1 Å². The van der Waals surface area contributed by atoms with Crippen LogP contribution in [-0.4, -0.2) is 16.9 Å². The molecule has 0 radical (unpaired) electrons. The Morgan fingerprint density at radius 2 is 2.19 bits per heavy atom. The number of hydrogen-bond acceptors (Lipinski definition) is 4. The van der Waals surface area contributed by atoms with Gasteiger partial charge in [-0.3, -0.25) is 16.0 Å². The van der Waals surface area contributed by atoms with Crippen LogP contribution in [0, 0.1) is 12.7 Å². The minimum Gasteiger partial charge on any atom is -0.497 e. The number of benzene rings is 1. The molecule has 0 aliphatic rings. The van der Waals surface area contributed by atoms with Crippen LogP contribution in [-0.2, 0) is 13.0 Å². The van der Waals surface area contributed by atoms with E-state index in [0.717, 1.165) is 17.9 Å². The van der Waals surface area contributed by atoms with Crippen LogP contribution in [0.5, 0.6) is 5.75 Å². The summed E-state index contributed by atoms with van der Waals surface area (Å²) in [6, 6.07) is 6.46. The van der Waals surface area contributed by atoms with Crippen molar-refractivity contribution in [2.75, 3.05) is 7.11 Å². The van der Waals surface area contributed by atoms with E-state index in [0.29, 0.717) is 17.7 Å². The highest BCUT2D eigenvalue weighted by molar-refractivity contribution is 5.31. The summed E-state index contributed by atoms with van der Waals surface area (Å²) in [6.45, 7) is 4.73. The molecular weight excluding hydrogens is 271 g/mol. The van der Waals surface area contributed by atoms with Gasteiger partial charge in [0.05, 0.1) is 18.8 Å². The van der Waals surface area contributed by atoms with Gasteiger partial charge in [0.15, 0.2) is 0 Å². The highest BCUT2D eigenvalue weighted by Gasteiger charge is 2.18. The summed E-state index contributed by atoms with van der Waals surface area (Å²) in [6.07, 6.45) is 0.564. The van der Waals surface area contributed by atoms with Gasteiger partial charge in [0, 0.05) is 30.3 Å². The zero-order valence-corrected chi connectivity index (χ0v) is 12.6. The summed E-state index contributed by atoms with van der Waals surface area (Å²) in [5.41, 5.74) is 5.16. The van der Waals surface area contributed by atoms with Gasteiger partial charge in [-0.2, -0.15) is 5.10 Å². The summed E-state index contributed by atoms with van der Waals surface area (Å²) in [5.74, 6) is 5.76. The van der Waals surface area contributed by atoms with Crippen molar-refractivity contribution in [1.29, 1.82) is 0 Å². The lowest BCUT2D eigenvalue weighted by Crippen LogP contribution is -2.31. The van der Waals surface area contributed by atoms with E-state index in [2.05, 4.69) is 10.5 Å². The molecule has 0 amide bonds. The maximum atomic E-state index is 14.2. The molecule has 114 valence electrons. The summed E-state index contributed by atoms with van der Waals surface area (Å²) in [7, 11) is 1.51. The average molecular weight is 292 g/mol. The Balaban J connectivity index is 2.27. The normalized spacial score (nSPS) is 12.4. The largest absolute Gasteiger partial charge is 0.497 e. The molecule has 0 fully saturated rings. The first kappa shape index (κ1) is 15.5. The van der Waals surface area contributed by atoms with Crippen molar-refractivity contribution in [3.05, 3.63) is 47.0 Å². The zero-order valence-electron chi connectivity index (χ0n) is 12.6. The van der Waals surface area contributed by atoms with Crippen LogP contribution in [0.4, 0.5) is 4.39 Å². The predicted octanol–water partition coefficient (Wildman–Crippen LogP) is 2.11. The third kappa shape index (κ3) is 3.40. The molecular formula is C15H21FN4O. The minimum absolute atomic E-state index is 0.322. The van der Waals surface area contributed by atoms with Crippen molar-refractivity contribution in [3.8, 4) is 5.75 Å². The van der Waals surface area contributed by atoms with E-state index in [9.17, 15) is 4.39 Å². The van der Waals surface area contributed by atoms with Crippen molar-refractivity contribution in [2.45, 2.75) is 32.9 Å². The minimum atomic E-state index is -0.336. The van der Waals surface area contributed by atoms with Gasteiger partial charge in [-0.15, -0.1) is 0 Å². The van der Waals surface area contributed by atoms with E-state index in [1.165, 1.54) is 13.2 Å². The zero-order chi connectivity index (χ0) is 15.4. The number of nitrogens with two attached hydrogens (primary N) is 1. The molecule has 0 saturated carbocycles. The van der Waals surface area contributed by atoms with E-state index < -0.39 is 0 Å². The molecule has 6 heteroatoms. The van der Waals surface area contributed by atoms with E-state index >= 15 is 0 Å². The van der Waals surface area contributed by atoms with Crippen LogP contribution < -0.4 is 16.0 Å². The Hall–Kier alpha value is -1.92. The number of methoxy groups -OCH3 is 1. The number of hydrazine groups is 1. The maximum Gasteiger partial charge on any atom is 0.131 e. The van der Waals surface area contributed by atoms with Gasteiger partial charge < -0.3 is 4.74 Å². The molecule has 2 rings (SSSR count). The van der Waals surface area contributed by atoms with Gasteiger partial charge in [0.25, 0.3) is 0 Å². The number of nitrogens with one attached hydrogen (secondary N) is 1. The fourth-order valence-corrected chi connectivity index (χ4v) is 2.42. The van der Waals surface area contributed by atoms with Gasteiger partial charge in [0.2, 0.25) is 0 Å². The molecule has 1 heterocycles. The average Bonchev–Trinajstić information content (AvgIpc) is 2.84. The Bertz CT molecular complexity index is 612. The third-order valence-electron chi connectivity index (χ3n) is 3.48. The topological polar surface area (TPSA) is 65.1 Å². The monoisotopic (exact) mass is 292 g/mol. The highest BCUT2D eigenvalue weighted by Crippen LogP contribution is 2.24. The van der Waals surface area contributed by atoms with Crippen LogP contribution in [0.3, 0.4) is 0 Å². The Kier molecular flexibility index (Phi) is 4.93. The number of aryl methyl sites for hydroxylation is 2. The fourth-order valence-electron chi connectivity index (χ4n) is 2.42. The Morgan fingerprint density at radius 1 is 1.43 bits per heavy atom. The van der Waals surface area contributed by atoms with Crippen LogP contribution in [0.2, 0.25) is 0 Å². The molecule has 21 heavy (non-hydrogen) atoms. The first-order chi connectivity index (χ1) is 10.1. The SMILES string of the molecule is CCn1nc(C)cc1CC(NN)c1ccc(OC)cc1F. The number of nitrogens with zero attached hydrogens (tertiary/aromatic N) is 2. The van der Waals surface area contributed by atoms with E-state index in [4.69, 9.17) is 10.6 Å². The summed E-state index contributed by atoms with van der Waals surface area (Å²) >= 11 is 0. The van der Waals surface area contributed by atoms with E-state index in [1.807, 2.05) is 24.6 Å². The molecule has 1 aromatic carbocycles. The number of rotatable bonds is 6. The van der Waals surface area contributed by atoms with Gasteiger partial charge in [-0.25, -0.2) is 4.39 Å². The van der Waals surface area contributed by atoms with Crippen LogP contribution in [0.1, 0.15) is 29.9 Å². The van der Waals surface area contributed by atoms with Gasteiger partial charge >= 0.3 is 0 Å². The molecule has 0 aliphatic heterocycles. The number of halogens is 1. The van der Waals surface area contributed by atoms with Crippen LogP contribution >= 0.6 is 0 Å². The molecule has 1 atom stereocenters. The fraction of sp³-hybridized carbons (Fsp3) is 0.400. The van der Waals surface area contributed by atoms with Gasteiger partial charge in [-0.05, 0) is 26.0 Å². The predicted molar refractivity (Wildman–Crippen MR) is 79.4 cm³/mol. The molecule has 2 aromatic rings. The molecule has 0 aliphatic carbocycles. The quantitative estimate of drug-likeness (QED) is 0.632. The molecule has 1 unspecified atom stereocenters. The van der Waals surface area contributed by atoms with Gasteiger partial charge in [-0.1, -0.05) is 6.07 Å². The molecule has 0 bridgehead atoms. The van der Waals surface area contributed by atoms with Crippen LogP contribution in [0.15, 0.2) is 24.3 Å². The summed E-state index contributed by atoms with van der Waals surface area (Å²) in [4.78, 5) is 0. The van der Waals surface area contributed by atoms with Crippen molar-refractivity contribution in [1.82, 2.24) is 15.2 Å². The molecule has 1 aromatic heterocycles. The second-order valence-corrected chi connectivity index (χ2v) is 4.90. The van der Waals surface area contributed by atoms with Crippen molar-refractivity contribution < 1.29 is 9.13 Å². The molecule has 3 N–H and O–H groups in total. The van der Waals surface area contributed by atoms with Crippen molar-refractivity contribution in [2.24, 2.45) is 5.84 Å². The molecule has 0 saturated heterocycles. The second-order valence-electron chi connectivity index (χ2n) is 4.90. The highest BCUT2D eigenvalue weighted by atomic mass is 19.1. The smallest absolute Gasteiger partial charge is 0.131 e. The van der Waals surface area contributed by atoms with Crippen molar-refractivity contribution in [3.63, 3.8) is 0 Å². The number of hydrogen-bond donors (Lipinski definition) is 2.